The van der Waals surface area contributed by atoms with Crippen molar-refractivity contribution in [3.8, 4) is 11.5 Å². The molecule has 114 valence electrons. The average Bonchev–Trinajstić information content (AvgIpc) is 2.95. The molecular formula is C15H21N3O2S. The number of aromatic hydroxyl groups is 1. The quantitative estimate of drug-likeness (QED) is 0.822. The summed E-state index contributed by atoms with van der Waals surface area (Å²) in [6, 6.07) is 5.28. The van der Waals surface area contributed by atoms with Gasteiger partial charge in [-0.05, 0) is 26.0 Å². The summed E-state index contributed by atoms with van der Waals surface area (Å²) < 4.78 is 5.03. The molecule has 0 unspecified atom stereocenters. The van der Waals surface area contributed by atoms with E-state index in [4.69, 9.17) is 4.74 Å². The standard InChI is InChI=1S/C15H21N3O2S/c1-4-18(5-2)15-17-10-12(21-15)9-16-11-6-7-14(20-3)13(19)8-11/h6-8,10,16,19H,4-5,9H2,1-3H3. The van der Waals surface area contributed by atoms with Crippen molar-refractivity contribution in [2.45, 2.75) is 20.4 Å². The van der Waals surface area contributed by atoms with E-state index in [1.54, 1.807) is 23.5 Å². The minimum absolute atomic E-state index is 0.135. The number of phenols is 1. The fraction of sp³-hybridized carbons (Fsp3) is 0.400. The maximum Gasteiger partial charge on any atom is 0.185 e. The molecule has 0 amide bonds. The number of nitrogens with one attached hydrogen (secondary N) is 1. The molecule has 5 nitrogen and oxygen atoms in total. The largest absolute Gasteiger partial charge is 0.504 e. The smallest absolute Gasteiger partial charge is 0.185 e. The molecule has 0 aliphatic carbocycles. The van der Waals surface area contributed by atoms with Crippen LogP contribution in [0.25, 0.3) is 0 Å². The lowest BCUT2D eigenvalue weighted by Crippen LogP contribution is -2.21. The molecule has 0 fully saturated rings. The zero-order valence-electron chi connectivity index (χ0n) is 12.6. The van der Waals surface area contributed by atoms with Gasteiger partial charge < -0.3 is 20.1 Å². The average molecular weight is 307 g/mol. The summed E-state index contributed by atoms with van der Waals surface area (Å²) in [6.45, 7) is 6.86. The van der Waals surface area contributed by atoms with Crippen molar-refractivity contribution < 1.29 is 9.84 Å². The molecule has 0 saturated heterocycles. The Morgan fingerprint density at radius 1 is 1.33 bits per heavy atom. The van der Waals surface area contributed by atoms with Crippen molar-refractivity contribution in [2.24, 2.45) is 0 Å². The van der Waals surface area contributed by atoms with Gasteiger partial charge in [0.15, 0.2) is 16.6 Å². The van der Waals surface area contributed by atoms with Crippen molar-refractivity contribution in [3.05, 3.63) is 29.3 Å². The van der Waals surface area contributed by atoms with Gasteiger partial charge in [0.05, 0.1) is 13.7 Å². The Balaban J connectivity index is 1.98. The van der Waals surface area contributed by atoms with Crippen molar-refractivity contribution in [1.29, 1.82) is 0 Å². The Morgan fingerprint density at radius 3 is 2.71 bits per heavy atom. The van der Waals surface area contributed by atoms with Crippen LogP contribution in [0.3, 0.4) is 0 Å². The first-order valence-corrected chi connectivity index (χ1v) is 7.80. The summed E-state index contributed by atoms with van der Waals surface area (Å²) in [4.78, 5) is 7.84. The van der Waals surface area contributed by atoms with Gasteiger partial charge in [-0.2, -0.15) is 0 Å². The van der Waals surface area contributed by atoms with E-state index in [-0.39, 0.29) is 5.75 Å². The predicted octanol–water partition coefficient (Wildman–Crippen LogP) is 3.32. The topological polar surface area (TPSA) is 57.6 Å². The first kappa shape index (κ1) is 15.4. The van der Waals surface area contributed by atoms with Crippen LogP contribution in [0.5, 0.6) is 11.5 Å². The lowest BCUT2D eigenvalue weighted by Gasteiger charge is -2.16. The second-order valence-electron chi connectivity index (χ2n) is 4.52. The van der Waals surface area contributed by atoms with Crippen LogP contribution < -0.4 is 15.0 Å². The first-order valence-electron chi connectivity index (χ1n) is 6.98. The summed E-state index contributed by atoms with van der Waals surface area (Å²) in [5.41, 5.74) is 0.853. The Bertz CT molecular complexity index is 582. The summed E-state index contributed by atoms with van der Waals surface area (Å²) in [6.07, 6.45) is 1.90. The second kappa shape index (κ2) is 7.17. The van der Waals surface area contributed by atoms with Gasteiger partial charge in [0, 0.05) is 35.9 Å². The number of benzene rings is 1. The molecule has 1 aromatic heterocycles. The Labute approximate surface area is 129 Å². The first-order chi connectivity index (χ1) is 10.2. The van der Waals surface area contributed by atoms with E-state index >= 15 is 0 Å². The minimum atomic E-state index is 0.135. The predicted molar refractivity (Wildman–Crippen MR) is 87.7 cm³/mol. The van der Waals surface area contributed by atoms with Crippen LogP contribution in [-0.2, 0) is 6.54 Å². The Kier molecular flexibility index (Phi) is 5.27. The molecule has 0 spiro atoms. The summed E-state index contributed by atoms with van der Waals surface area (Å²) in [7, 11) is 1.54. The number of ether oxygens (including phenoxy) is 1. The fourth-order valence-corrected chi connectivity index (χ4v) is 2.99. The highest BCUT2D eigenvalue weighted by Gasteiger charge is 2.08. The maximum absolute atomic E-state index is 9.75. The van der Waals surface area contributed by atoms with Gasteiger partial charge in [0.2, 0.25) is 0 Å². The zero-order chi connectivity index (χ0) is 15.2. The van der Waals surface area contributed by atoms with E-state index < -0.39 is 0 Å². The Hall–Kier alpha value is -1.95. The minimum Gasteiger partial charge on any atom is -0.504 e. The summed E-state index contributed by atoms with van der Waals surface area (Å²) >= 11 is 1.69. The molecule has 0 atom stereocenters. The van der Waals surface area contributed by atoms with Crippen LogP contribution >= 0.6 is 11.3 Å². The molecule has 1 heterocycles. The van der Waals surface area contributed by atoms with Gasteiger partial charge in [0.25, 0.3) is 0 Å². The van der Waals surface area contributed by atoms with Gasteiger partial charge >= 0.3 is 0 Å². The van der Waals surface area contributed by atoms with Crippen molar-refractivity contribution in [2.75, 3.05) is 30.4 Å². The molecule has 0 bridgehead atoms. The highest BCUT2D eigenvalue weighted by Crippen LogP contribution is 2.29. The van der Waals surface area contributed by atoms with Crippen LogP contribution in [0.2, 0.25) is 0 Å². The van der Waals surface area contributed by atoms with Crippen molar-refractivity contribution in [1.82, 2.24) is 4.98 Å². The van der Waals surface area contributed by atoms with Crippen molar-refractivity contribution >= 4 is 22.2 Å². The van der Waals surface area contributed by atoms with Gasteiger partial charge in [-0.15, -0.1) is 11.3 Å². The SMILES string of the molecule is CCN(CC)c1ncc(CNc2ccc(OC)c(O)c2)s1. The number of anilines is 2. The molecular weight excluding hydrogens is 286 g/mol. The molecule has 2 aromatic rings. The van der Waals surface area contributed by atoms with Crippen LogP contribution in [0.1, 0.15) is 18.7 Å². The fourth-order valence-electron chi connectivity index (χ4n) is 2.01. The highest BCUT2D eigenvalue weighted by molar-refractivity contribution is 7.15. The third-order valence-electron chi connectivity index (χ3n) is 3.22. The number of hydrogen-bond acceptors (Lipinski definition) is 6. The highest BCUT2D eigenvalue weighted by atomic mass is 32.1. The van der Waals surface area contributed by atoms with E-state index in [9.17, 15) is 5.11 Å². The molecule has 2 rings (SSSR count). The number of phenolic OH excluding ortho intramolecular Hbond substituents is 1. The zero-order valence-corrected chi connectivity index (χ0v) is 13.4. The van der Waals surface area contributed by atoms with Crippen LogP contribution in [0.4, 0.5) is 10.8 Å². The van der Waals surface area contributed by atoms with Crippen LogP contribution in [0.15, 0.2) is 24.4 Å². The third-order valence-corrected chi connectivity index (χ3v) is 4.28. The lowest BCUT2D eigenvalue weighted by atomic mass is 10.2. The monoisotopic (exact) mass is 307 g/mol. The number of aromatic nitrogens is 1. The lowest BCUT2D eigenvalue weighted by molar-refractivity contribution is 0.373. The Morgan fingerprint density at radius 2 is 2.10 bits per heavy atom. The van der Waals surface area contributed by atoms with Gasteiger partial charge in [-0.1, -0.05) is 0 Å². The van der Waals surface area contributed by atoms with Gasteiger partial charge in [-0.3, -0.25) is 0 Å². The maximum atomic E-state index is 9.75. The molecule has 2 N–H and O–H groups in total. The molecule has 0 radical (unpaired) electrons. The number of nitrogens with zero attached hydrogens (tertiary/aromatic N) is 2. The number of hydrogen-bond donors (Lipinski definition) is 2. The second-order valence-corrected chi connectivity index (χ2v) is 5.62. The van der Waals surface area contributed by atoms with Gasteiger partial charge in [-0.25, -0.2) is 4.98 Å². The van der Waals surface area contributed by atoms with E-state index in [2.05, 4.69) is 29.0 Å². The molecule has 0 saturated carbocycles. The van der Waals surface area contributed by atoms with E-state index in [1.807, 2.05) is 12.3 Å². The number of rotatable bonds is 7. The molecule has 0 aliphatic heterocycles. The molecule has 6 heteroatoms. The van der Waals surface area contributed by atoms with E-state index in [0.29, 0.717) is 12.3 Å². The normalized spacial score (nSPS) is 10.4. The molecule has 0 aliphatic rings. The van der Waals surface area contributed by atoms with Crippen LogP contribution in [-0.4, -0.2) is 30.3 Å². The van der Waals surface area contributed by atoms with E-state index in [1.165, 1.54) is 7.11 Å². The summed E-state index contributed by atoms with van der Waals surface area (Å²) in [5, 5.41) is 14.1. The number of methoxy groups -OCH3 is 1. The van der Waals surface area contributed by atoms with Crippen LogP contribution in [0, 0.1) is 0 Å². The van der Waals surface area contributed by atoms with Gasteiger partial charge in [0.1, 0.15) is 0 Å². The number of thiazole rings is 1. The molecule has 1 aromatic carbocycles. The van der Waals surface area contributed by atoms with Crippen molar-refractivity contribution in [3.63, 3.8) is 0 Å². The molecule has 21 heavy (non-hydrogen) atoms. The van der Waals surface area contributed by atoms with E-state index in [0.717, 1.165) is 28.8 Å². The third kappa shape index (κ3) is 3.78. The summed E-state index contributed by atoms with van der Waals surface area (Å²) in [5.74, 6) is 0.609.